The van der Waals surface area contributed by atoms with E-state index in [1.165, 1.54) is 31.0 Å². The van der Waals surface area contributed by atoms with Crippen LogP contribution in [0.2, 0.25) is 0 Å². The topological polar surface area (TPSA) is 95.7 Å². The summed E-state index contributed by atoms with van der Waals surface area (Å²) in [6, 6.07) is 1.97. The molecule has 7 nitrogen and oxygen atoms in total. The molecule has 0 atom stereocenters. The van der Waals surface area contributed by atoms with E-state index in [0.29, 0.717) is 28.5 Å². The first-order valence-electron chi connectivity index (χ1n) is 7.99. The van der Waals surface area contributed by atoms with E-state index >= 15 is 0 Å². The molecule has 4 rings (SSSR count). The van der Waals surface area contributed by atoms with Gasteiger partial charge in [0, 0.05) is 16.9 Å². The van der Waals surface area contributed by atoms with E-state index in [1.807, 2.05) is 16.8 Å². The van der Waals surface area contributed by atoms with Gasteiger partial charge in [0.1, 0.15) is 0 Å². The number of aromatic nitrogens is 5. The van der Waals surface area contributed by atoms with Gasteiger partial charge in [0.2, 0.25) is 16.9 Å². The third-order valence-electron chi connectivity index (χ3n) is 4.23. The molecule has 1 saturated carbocycles. The van der Waals surface area contributed by atoms with E-state index in [-0.39, 0.29) is 0 Å². The van der Waals surface area contributed by atoms with Crippen molar-refractivity contribution in [1.29, 1.82) is 0 Å². The van der Waals surface area contributed by atoms with Crippen LogP contribution in [0.3, 0.4) is 0 Å². The molecule has 126 valence electrons. The summed E-state index contributed by atoms with van der Waals surface area (Å²) in [5.74, 6) is 9.20. The van der Waals surface area contributed by atoms with Crippen LogP contribution in [-0.4, -0.2) is 25.0 Å². The molecule has 0 unspecified atom stereocenters. The normalized spacial score (nSPS) is 15.8. The Hall–Kier alpha value is -1.87. The second kappa shape index (κ2) is 6.94. The highest BCUT2D eigenvalue weighted by Crippen LogP contribution is 2.32. The summed E-state index contributed by atoms with van der Waals surface area (Å²) < 4.78 is 6.92. The summed E-state index contributed by atoms with van der Waals surface area (Å²) in [7, 11) is 0. The lowest BCUT2D eigenvalue weighted by Gasteiger charge is -2.20. The molecule has 1 fully saturated rings. The van der Waals surface area contributed by atoms with Crippen LogP contribution in [-0.2, 0) is 5.75 Å². The van der Waals surface area contributed by atoms with Crippen molar-refractivity contribution < 1.29 is 4.52 Å². The van der Waals surface area contributed by atoms with Gasteiger partial charge in [0.15, 0.2) is 5.82 Å². The van der Waals surface area contributed by atoms with Crippen LogP contribution in [0.1, 0.15) is 49.7 Å². The zero-order chi connectivity index (χ0) is 16.4. The summed E-state index contributed by atoms with van der Waals surface area (Å²) in [4.78, 5) is 4.40. The first-order valence-corrected chi connectivity index (χ1v) is 9.92. The van der Waals surface area contributed by atoms with Crippen molar-refractivity contribution >= 4 is 23.1 Å². The van der Waals surface area contributed by atoms with Crippen molar-refractivity contribution in [3.8, 4) is 11.4 Å². The average molecular weight is 362 g/mol. The SMILES string of the molecule is Nn1c(SCc2nc(-c3ccsc3)no2)nnc1C1CCCCC1. The minimum Gasteiger partial charge on any atom is -0.338 e. The molecule has 0 radical (unpaired) electrons. The largest absolute Gasteiger partial charge is 0.338 e. The van der Waals surface area contributed by atoms with Gasteiger partial charge in [-0.3, -0.25) is 0 Å². The molecule has 0 saturated heterocycles. The van der Waals surface area contributed by atoms with Gasteiger partial charge in [0.05, 0.1) is 5.75 Å². The zero-order valence-corrected chi connectivity index (χ0v) is 14.7. The molecular formula is C15H18N6OS2. The van der Waals surface area contributed by atoms with Crippen LogP contribution in [0.15, 0.2) is 26.5 Å². The van der Waals surface area contributed by atoms with Crippen molar-refractivity contribution in [1.82, 2.24) is 25.0 Å². The summed E-state index contributed by atoms with van der Waals surface area (Å²) >= 11 is 3.07. The maximum atomic E-state index is 6.19. The molecule has 3 aromatic heterocycles. The van der Waals surface area contributed by atoms with E-state index in [0.717, 1.165) is 24.2 Å². The molecule has 9 heteroatoms. The van der Waals surface area contributed by atoms with E-state index in [9.17, 15) is 0 Å². The fourth-order valence-corrected chi connectivity index (χ4v) is 4.31. The van der Waals surface area contributed by atoms with Gasteiger partial charge in [-0.1, -0.05) is 36.2 Å². The molecule has 1 aliphatic carbocycles. The second-order valence-corrected chi connectivity index (χ2v) is 7.58. The molecule has 3 aromatic rings. The maximum absolute atomic E-state index is 6.19. The predicted octanol–water partition coefficient (Wildman–Crippen LogP) is 3.44. The molecule has 0 aromatic carbocycles. The zero-order valence-electron chi connectivity index (χ0n) is 13.1. The number of nitrogens with zero attached hydrogens (tertiary/aromatic N) is 5. The average Bonchev–Trinajstić information content (AvgIpc) is 3.35. The molecule has 0 amide bonds. The molecule has 1 aliphatic rings. The van der Waals surface area contributed by atoms with Crippen molar-refractivity contribution in [3.63, 3.8) is 0 Å². The Balaban J connectivity index is 1.42. The highest BCUT2D eigenvalue weighted by atomic mass is 32.2. The smallest absolute Gasteiger partial charge is 0.237 e. The third kappa shape index (κ3) is 3.18. The van der Waals surface area contributed by atoms with Gasteiger partial charge < -0.3 is 10.4 Å². The number of thioether (sulfide) groups is 1. The summed E-state index contributed by atoms with van der Waals surface area (Å²) in [6.07, 6.45) is 6.09. The third-order valence-corrected chi connectivity index (χ3v) is 5.84. The number of hydrogen-bond donors (Lipinski definition) is 1. The van der Waals surface area contributed by atoms with Gasteiger partial charge in [0.25, 0.3) is 0 Å². The molecule has 2 N–H and O–H groups in total. The van der Waals surface area contributed by atoms with E-state index in [2.05, 4.69) is 20.3 Å². The van der Waals surface area contributed by atoms with E-state index in [4.69, 9.17) is 10.4 Å². The molecular weight excluding hydrogens is 344 g/mol. The monoisotopic (exact) mass is 362 g/mol. The van der Waals surface area contributed by atoms with Gasteiger partial charge in [-0.15, -0.1) is 10.2 Å². The van der Waals surface area contributed by atoms with Crippen molar-refractivity contribution in [2.24, 2.45) is 0 Å². The first kappa shape index (κ1) is 15.6. The van der Waals surface area contributed by atoms with Crippen LogP contribution < -0.4 is 5.84 Å². The number of rotatable bonds is 5. The Morgan fingerprint density at radius 1 is 1.29 bits per heavy atom. The van der Waals surface area contributed by atoms with Crippen LogP contribution in [0.25, 0.3) is 11.4 Å². The van der Waals surface area contributed by atoms with Crippen molar-refractivity contribution in [2.75, 3.05) is 5.84 Å². The molecule has 0 bridgehead atoms. The second-order valence-electron chi connectivity index (χ2n) is 5.86. The van der Waals surface area contributed by atoms with Crippen LogP contribution >= 0.6 is 23.1 Å². The van der Waals surface area contributed by atoms with Crippen molar-refractivity contribution in [2.45, 2.75) is 48.9 Å². The summed E-state index contributed by atoms with van der Waals surface area (Å²) in [5.41, 5.74) is 0.974. The van der Waals surface area contributed by atoms with Gasteiger partial charge in [-0.2, -0.15) is 16.3 Å². The molecule has 0 spiro atoms. The predicted molar refractivity (Wildman–Crippen MR) is 93.2 cm³/mol. The van der Waals surface area contributed by atoms with Crippen LogP contribution in [0.5, 0.6) is 0 Å². The maximum Gasteiger partial charge on any atom is 0.237 e. The van der Waals surface area contributed by atoms with Crippen LogP contribution in [0.4, 0.5) is 0 Å². The quantitative estimate of drug-likeness (QED) is 0.548. The van der Waals surface area contributed by atoms with Crippen LogP contribution in [0, 0.1) is 0 Å². The lowest BCUT2D eigenvalue weighted by atomic mass is 9.89. The standard InChI is InChI=1S/C15H18N6OS2/c16-21-14(10-4-2-1-3-5-10)18-19-15(21)24-9-12-17-13(20-22-12)11-6-7-23-8-11/h6-8,10H,1-5,9,16H2. The van der Waals surface area contributed by atoms with E-state index < -0.39 is 0 Å². The molecule has 3 heterocycles. The minimum absolute atomic E-state index is 0.430. The fourth-order valence-electron chi connectivity index (χ4n) is 2.97. The highest BCUT2D eigenvalue weighted by Gasteiger charge is 2.22. The number of nitrogen functional groups attached to an aromatic ring is 1. The lowest BCUT2D eigenvalue weighted by Crippen LogP contribution is -2.18. The Labute approximate surface area is 147 Å². The summed E-state index contributed by atoms with van der Waals surface area (Å²) in [5, 5.41) is 17.2. The fraction of sp³-hybridized carbons (Fsp3) is 0.467. The van der Waals surface area contributed by atoms with Gasteiger partial charge in [-0.25, -0.2) is 4.68 Å². The Bertz CT molecular complexity index is 791. The van der Waals surface area contributed by atoms with E-state index in [1.54, 1.807) is 16.0 Å². The highest BCUT2D eigenvalue weighted by molar-refractivity contribution is 7.98. The van der Waals surface area contributed by atoms with Crippen molar-refractivity contribution in [3.05, 3.63) is 28.5 Å². The first-order chi connectivity index (χ1) is 11.8. The molecule has 24 heavy (non-hydrogen) atoms. The van der Waals surface area contributed by atoms with Gasteiger partial charge in [-0.05, 0) is 24.3 Å². The minimum atomic E-state index is 0.430. The Morgan fingerprint density at radius 3 is 2.96 bits per heavy atom. The van der Waals surface area contributed by atoms with Gasteiger partial charge >= 0.3 is 0 Å². The molecule has 0 aliphatic heterocycles. The number of thiophene rings is 1. The number of nitrogens with two attached hydrogens (primary N) is 1. The Kier molecular flexibility index (Phi) is 4.52. The Morgan fingerprint density at radius 2 is 2.17 bits per heavy atom. The summed E-state index contributed by atoms with van der Waals surface area (Å²) in [6.45, 7) is 0. The number of hydrogen-bond acceptors (Lipinski definition) is 8. The lowest BCUT2D eigenvalue weighted by molar-refractivity contribution is 0.391.